The Labute approximate surface area is 152 Å². The molecule has 1 aromatic carbocycles. The molecule has 0 saturated carbocycles. The molecule has 0 fully saturated rings. The van der Waals surface area contributed by atoms with Crippen LogP contribution in [0.25, 0.3) is 0 Å². The minimum absolute atomic E-state index is 0.114. The van der Waals surface area contributed by atoms with Gasteiger partial charge in [-0.05, 0) is 42.2 Å². The van der Waals surface area contributed by atoms with E-state index in [1.165, 1.54) is 12.3 Å². The fraction of sp³-hybridized carbons (Fsp3) is 0.316. The summed E-state index contributed by atoms with van der Waals surface area (Å²) >= 11 is 0. The topological polar surface area (TPSA) is 100 Å². The molecular weight excluding hydrogens is 334 g/mol. The third-order valence-electron chi connectivity index (χ3n) is 3.90. The monoisotopic (exact) mass is 357 g/mol. The first kappa shape index (κ1) is 19.2. The van der Waals surface area contributed by atoms with E-state index in [-0.39, 0.29) is 11.7 Å². The van der Waals surface area contributed by atoms with Gasteiger partial charge in [0.05, 0.1) is 6.26 Å². The van der Waals surface area contributed by atoms with Gasteiger partial charge in [0.2, 0.25) is 0 Å². The van der Waals surface area contributed by atoms with Crippen molar-refractivity contribution in [3.63, 3.8) is 0 Å². The van der Waals surface area contributed by atoms with Crippen molar-refractivity contribution in [2.24, 2.45) is 5.92 Å². The molecule has 26 heavy (non-hydrogen) atoms. The van der Waals surface area contributed by atoms with Crippen molar-refractivity contribution in [1.29, 1.82) is 0 Å². The maximum Gasteiger partial charge on any atom is 0.287 e. The van der Waals surface area contributed by atoms with Crippen molar-refractivity contribution in [2.75, 3.05) is 0 Å². The first-order valence-electron chi connectivity index (χ1n) is 8.45. The predicted octanol–water partition coefficient (Wildman–Crippen LogP) is 2.06. The summed E-state index contributed by atoms with van der Waals surface area (Å²) in [7, 11) is 0. The minimum atomic E-state index is -0.824. The van der Waals surface area contributed by atoms with Gasteiger partial charge >= 0.3 is 0 Å². The highest BCUT2D eigenvalue weighted by Crippen LogP contribution is 2.07. The van der Waals surface area contributed by atoms with Gasteiger partial charge < -0.3 is 9.73 Å². The van der Waals surface area contributed by atoms with Crippen LogP contribution in [0, 0.1) is 5.92 Å². The zero-order chi connectivity index (χ0) is 19.1. The maximum atomic E-state index is 12.4. The summed E-state index contributed by atoms with van der Waals surface area (Å²) in [5, 5.41) is 2.60. The normalized spacial score (nSPS) is 11.7. The summed E-state index contributed by atoms with van der Waals surface area (Å²) in [4.78, 5) is 36.5. The van der Waals surface area contributed by atoms with Crippen molar-refractivity contribution in [2.45, 2.75) is 33.2 Å². The number of furan rings is 1. The third-order valence-corrected chi connectivity index (χ3v) is 3.90. The second-order valence-electron chi connectivity index (χ2n) is 6.17. The Hall–Kier alpha value is -3.09. The fourth-order valence-corrected chi connectivity index (χ4v) is 2.32. The molecule has 3 amide bonds. The number of nitrogens with one attached hydrogen (secondary N) is 3. The van der Waals surface area contributed by atoms with Crippen LogP contribution in [0.3, 0.4) is 0 Å². The van der Waals surface area contributed by atoms with Crippen LogP contribution in [0.4, 0.5) is 0 Å². The van der Waals surface area contributed by atoms with Gasteiger partial charge in [-0.25, -0.2) is 0 Å². The van der Waals surface area contributed by atoms with Gasteiger partial charge in [0.1, 0.15) is 6.04 Å². The van der Waals surface area contributed by atoms with Gasteiger partial charge in [0.15, 0.2) is 5.76 Å². The highest BCUT2D eigenvalue weighted by molar-refractivity contribution is 5.98. The molecule has 0 unspecified atom stereocenters. The number of hydrogen-bond acceptors (Lipinski definition) is 4. The number of hydrazine groups is 1. The highest BCUT2D eigenvalue weighted by atomic mass is 16.3. The second-order valence-corrected chi connectivity index (χ2v) is 6.17. The third kappa shape index (κ3) is 4.95. The SMILES string of the molecule is CCc1ccc(C(=O)NNC(=O)[C@@H](NC(=O)c2ccco2)C(C)C)cc1. The van der Waals surface area contributed by atoms with Crippen molar-refractivity contribution in [3.8, 4) is 0 Å². The first-order valence-corrected chi connectivity index (χ1v) is 8.45. The van der Waals surface area contributed by atoms with Crippen molar-refractivity contribution >= 4 is 17.7 Å². The van der Waals surface area contributed by atoms with Crippen molar-refractivity contribution < 1.29 is 18.8 Å². The quantitative estimate of drug-likeness (QED) is 0.689. The molecule has 1 aromatic heterocycles. The Morgan fingerprint density at radius 3 is 2.23 bits per heavy atom. The average molecular weight is 357 g/mol. The Balaban J connectivity index is 1.94. The van der Waals surface area contributed by atoms with Gasteiger partial charge in [-0.15, -0.1) is 0 Å². The molecule has 0 radical (unpaired) electrons. The smallest absolute Gasteiger partial charge is 0.287 e. The van der Waals surface area contributed by atoms with Crippen LogP contribution in [0.5, 0.6) is 0 Å². The van der Waals surface area contributed by atoms with Gasteiger partial charge in [-0.2, -0.15) is 0 Å². The van der Waals surface area contributed by atoms with E-state index in [1.54, 1.807) is 32.0 Å². The lowest BCUT2D eigenvalue weighted by molar-refractivity contribution is -0.124. The Bertz CT molecular complexity index is 752. The number of rotatable bonds is 6. The summed E-state index contributed by atoms with van der Waals surface area (Å²) in [6.07, 6.45) is 2.26. The number of carbonyl (C=O) groups excluding carboxylic acids is 3. The van der Waals surface area contributed by atoms with E-state index >= 15 is 0 Å². The van der Waals surface area contributed by atoms with Crippen LogP contribution < -0.4 is 16.2 Å². The number of benzene rings is 1. The van der Waals surface area contributed by atoms with E-state index in [9.17, 15) is 14.4 Å². The molecule has 0 spiro atoms. The number of amides is 3. The number of hydrogen-bond donors (Lipinski definition) is 3. The fourth-order valence-electron chi connectivity index (χ4n) is 2.32. The molecule has 0 aliphatic rings. The van der Waals surface area contributed by atoms with Crippen LogP contribution >= 0.6 is 0 Å². The molecule has 1 atom stereocenters. The molecule has 7 heteroatoms. The first-order chi connectivity index (χ1) is 12.4. The molecule has 1 heterocycles. The van der Waals surface area contributed by atoms with Gasteiger partial charge in [0.25, 0.3) is 17.7 Å². The van der Waals surface area contributed by atoms with Crippen LogP contribution in [0.15, 0.2) is 47.1 Å². The second kappa shape index (κ2) is 8.84. The van der Waals surface area contributed by atoms with E-state index in [2.05, 4.69) is 16.2 Å². The lowest BCUT2D eigenvalue weighted by Gasteiger charge is -2.21. The molecule has 0 aliphatic heterocycles. The van der Waals surface area contributed by atoms with E-state index in [0.29, 0.717) is 5.56 Å². The molecule has 7 nitrogen and oxygen atoms in total. The largest absolute Gasteiger partial charge is 0.459 e. The molecule has 138 valence electrons. The van der Waals surface area contributed by atoms with Gasteiger partial charge in [-0.3, -0.25) is 25.2 Å². The van der Waals surface area contributed by atoms with Crippen LogP contribution in [0.2, 0.25) is 0 Å². The van der Waals surface area contributed by atoms with E-state index in [1.807, 2.05) is 19.1 Å². The Morgan fingerprint density at radius 1 is 1.00 bits per heavy atom. The molecule has 3 N–H and O–H groups in total. The maximum absolute atomic E-state index is 12.4. The van der Waals surface area contributed by atoms with E-state index in [0.717, 1.165) is 12.0 Å². The Kier molecular flexibility index (Phi) is 6.54. The summed E-state index contributed by atoms with van der Waals surface area (Å²) < 4.78 is 5.02. The average Bonchev–Trinajstić information content (AvgIpc) is 3.18. The lowest BCUT2D eigenvalue weighted by Crippen LogP contribution is -2.54. The van der Waals surface area contributed by atoms with Crippen LogP contribution in [-0.4, -0.2) is 23.8 Å². The Morgan fingerprint density at radius 2 is 1.69 bits per heavy atom. The standard InChI is InChI=1S/C19H23N3O4/c1-4-13-7-9-14(10-8-13)17(23)21-22-19(25)16(12(2)3)20-18(24)15-6-5-11-26-15/h5-12,16H,4H2,1-3H3,(H,20,24)(H,21,23)(H,22,25)/t16-/m0/s1. The molecule has 0 saturated heterocycles. The van der Waals surface area contributed by atoms with Crippen molar-refractivity contribution in [3.05, 3.63) is 59.5 Å². The van der Waals surface area contributed by atoms with E-state index in [4.69, 9.17) is 4.42 Å². The van der Waals surface area contributed by atoms with E-state index < -0.39 is 23.8 Å². The summed E-state index contributed by atoms with van der Waals surface area (Å²) in [5.41, 5.74) is 6.27. The molecular formula is C19H23N3O4. The minimum Gasteiger partial charge on any atom is -0.459 e. The summed E-state index contributed by atoms with van der Waals surface area (Å²) in [6, 6.07) is 9.37. The zero-order valence-electron chi connectivity index (χ0n) is 15.0. The zero-order valence-corrected chi connectivity index (χ0v) is 15.0. The lowest BCUT2D eigenvalue weighted by atomic mass is 10.0. The van der Waals surface area contributed by atoms with Crippen LogP contribution in [-0.2, 0) is 11.2 Å². The van der Waals surface area contributed by atoms with Gasteiger partial charge in [0, 0.05) is 5.56 Å². The molecule has 2 aromatic rings. The predicted molar refractivity (Wildman–Crippen MR) is 96.2 cm³/mol. The van der Waals surface area contributed by atoms with Crippen molar-refractivity contribution in [1.82, 2.24) is 16.2 Å². The summed E-state index contributed by atoms with van der Waals surface area (Å²) in [6.45, 7) is 5.61. The number of aryl methyl sites for hydroxylation is 1. The molecule has 0 bridgehead atoms. The summed E-state index contributed by atoms with van der Waals surface area (Å²) in [5.74, 6) is -1.51. The van der Waals surface area contributed by atoms with Gasteiger partial charge in [-0.1, -0.05) is 32.9 Å². The van der Waals surface area contributed by atoms with Crippen LogP contribution in [0.1, 0.15) is 47.2 Å². The number of carbonyl (C=O) groups is 3. The highest BCUT2D eigenvalue weighted by Gasteiger charge is 2.26. The molecule has 0 aliphatic carbocycles. The molecule has 2 rings (SSSR count).